The number of aryl methyl sites for hydroxylation is 1. The summed E-state index contributed by atoms with van der Waals surface area (Å²) in [5.41, 5.74) is 2.56. The van der Waals surface area contributed by atoms with Gasteiger partial charge in [-0.25, -0.2) is 0 Å². The maximum Gasteiger partial charge on any atom is 0.195 e. The van der Waals surface area contributed by atoms with Crippen molar-refractivity contribution in [2.45, 2.75) is 6.92 Å². The van der Waals surface area contributed by atoms with Gasteiger partial charge >= 0.3 is 0 Å². The molecular weight excluding hydrogens is 226 g/mol. The molecule has 0 radical (unpaired) electrons. The fourth-order valence-electron chi connectivity index (χ4n) is 2.16. The minimum Gasteiger partial charge on any atom is -0.871 e. The topological polar surface area (TPSA) is 53.0 Å². The number of benzene rings is 1. The second-order valence-corrected chi connectivity index (χ2v) is 4.30. The van der Waals surface area contributed by atoms with Crippen LogP contribution in [0.15, 0.2) is 42.6 Å². The number of Topliss-reactive ketones (excluding diaryl/α,β-unsaturated/α-hetero) is 1. The Hall–Kier alpha value is -2.42. The van der Waals surface area contributed by atoms with Gasteiger partial charge in [-0.3, -0.25) is 9.78 Å². The average Bonchev–Trinajstić information content (AvgIpc) is 2.63. The Kier molecular flexibility index (Phi) is 2.27. The zero-order valence-electron chi connectivity index (χ0n) is 9.81. The van der Waals surface area contributed by atoms with Crippen LogP contribution in [0.4, 0.5) is 0 Å². The molecule has 1 aromatic carbocycles. The van der Waals surface area contributed by atoms with Crippen LogP contribution >= 0.6 is 0 Å². The molecule has 3 rings (SSSR count). The van der Waals surface area contributed by atoms with E-state index in [0.717, 1.165) is 5.56 Å². The van der Waals surface area contributed by atoms with Crippen LogP contribution in [-0.2, 0) is 0 Å². The van der Waals surface area contributed by atoms with Gasteiger partial charge in [0.25, 0.3) is 0 Å². The molecule has 0 saturated heterocycles. The summed E-state index contributed by atoms with van der Waals surface area (Å²) < 4.78 is 0. The van der Waals surface area contributed by atoms with Crippen molar-refractivity contribution < 1.29 is 9.90 Å². The lowest BCUT2D eigenvalue weighted by atomic mass is 10.1. The van der Waals surface area contributed by atoms with Crippen LogP contribution in [-0.4, -0.2) is 10.8 Å². The summed E-state index contributed by atoms with van der Waals surface area (Å²) in [5, 5.41) is 12.2. The van der Waals surface area contributed by atoms with Crippen molar-refractivity contribution in [3.05, 3.63) is 65.0 Å². The lowest BCUT2D eigenvalue weighted by molar-refractivity contribution is -0.242. The van der Waals surface area contributed by atoms with Gasteiger partial charge < -0.3 is 5.11 Å². The Morgan fingerprint density at radius 3 is 2.50 bits per heavy atom. The number of allylic oxidation sites excluding steroid dienone is 1. The number of carbonyl (C=O) groups is 1. The smallest absolute Gasteiger partial charge is 0.195 e. The van der Waals surface area contributed by atoms with Gasteiger partial charge in [-0.05, 0) is 30.2 Å². The second-order valence-electron chi connectivity index (χ2n) is 4.30. The lowest BCUT2D eigenvalue weighted by Gasteiger charge is -2.11. The van der Waals surface area contributed by atoms with Crippen molar-refractivity contribution in [3.8, 4) is 0 Å². The van der Waals surface area contributed by atoms with Gasteiger partial charge in [0, 0.05) is 17.3 Å². The van der Waals surface area contributed by atoms with Crippen LogP contribution in [0.1, 0.15) is 27.2 Å². The van der Waals surface area contributed by atoms with Crippen molar-refractivity contribution >= 4 is 17.1 Å². The van der Waals surface area contributed by atoms with Crippen molar-refractivity contribution in [1.29, 1.82) is 0 Å². The lowest BCUT2D eigenvalue weighted by Crippen LogP contribution is -2.05. The molecule has 0 saturated carbocycles. The van der Waals surface area contributed by atoms with Gasteiger partial charge in [0.1, 0.15) is 0 Å². The molecule has 3 heteroatoms. The molecule has 0 fully saturated rings. The van der Waals surface area contributed by atoms with Crippen LogP contribution < -0.4 is 5.11 Å². The first-order chi connectivity index (χ1) is 8.68. The van der Waals surface area contributed by atoms with Gasteiger partial charge in [0.2, 0.25) is 0 Å². The van der Waals surface area contributed by atoms with E-state index in [1.165, 1.54) is 0 Å². The molecule has 1 heterocycles. The number of nitrogens with zero attached hydrogens (tertiary/aromatic N) is 1. The van der Waals surface area contributed by atoms with Gasteiger partial charge in [-0.1, -0.05) is 30.0 Å². The summed E-state index contributed by atoms with van der Waals surface area (Å²) in [5.74, 6) is -0.456. The van der Waals surface area contributed by atoms with E-state index in [0.29, 0.717) is 16.8 Å². The monoisotopic (exact) mass is 236 g/mol. The van der Waals surface area contributed by atoms with E-state index in [-0.39, 0.29) is 17.1 Å². The molecule has 1 aromatic heterocycles. The zero-order valence-corrected chi connectivity index (χ0v) is 9.81. The van der Waals surface area contributed by atoms with Crippen LogP contribution in [0.25, 0.3) is 11.3 Å². The molecular formula is C15H10NO2-. The summed E-state index contributed by atoms with van der Waals surface area (Å²) in [6, 6.07) is 10.5. The normalized spacial score (nSPS) is 13.9. The summed E-state index contributed by atoms with van der Waals surface area (Å²) in [6.45, 7) is 1.91. The Morgan fingerprint density at radius 1 is 1.11 bits per heavy atom. The quantitative estimate of drug-likeness (QED) is 0.758. The highest BCUT2D eigenvalue weighted by atomic mass is 16.3. The molecule has 0 bridgehead atoms. The second kappa shape index (κ2) is 3.81. The molecule has 2 aromatic rings. The molecule has 1 aliphatic rings. The molecule has 0 aliphatic heterocycles. The summed E-state index contributed by atoms with van der Waals surface area (Å²) >= 11 is 0. The summed E-state index contributed by atoms with van der Waals surface area (Å²) in [4.78, 5) is 16.3. The first-order valence-corrected chi connectivity index (χ1v) is 5.67. The van der Waals surface area contributed by atoms with Gasteiger partial charge in [0.15, 0.2) is 5.78 Å². The summed E-state index contributed by atoms with van der Waals surface area (Å²) in [7, 11) is 0. The molecule has 0 spiro atoms. The third-order valence-corrected chi connectivity index (χ3v) is 3.04. The van der Waals surface area contributed by atoms with Crippen molar-refractivity contribution in [2.24, 2.45) is 0 Å². The highest BCUT2D eigenvalue weighted by Gasteiger charge is 2.25. The molecule has 0 unspecified atom stereocenters. The fraction of sp³-hybridized carbons (Fsp3) is 0.0667. The molecule has 0 atom stereocenters. The SMILES string of the molecule is Cc1ccnc(C2=C([O-])c3ccccc3C2=O)c1. The van der Waals surface area contributed by atoms with E-state index in [9.17, 15) is 9.90 Å². The Balaban J connectivity index is 2.21. The number of pyridine rings is 1. The largest absolute Gasteiger partial charge is 0.871 e. The fourth-order valence-corrected chi connectivity index (χ4v) is 2.16. The number of carbonyl (C=O) groups excluding carboxylic acids is 1. The molecule has 3 nitrogen and oxygen atoms in total. The number of rotatable bonds is 1. The highest BCUT2D eigenvalue weighted by molar-refractivity contribution is 6.38. The standard InChI is InChI=1S/C15H11NO2/c1-9-6-7-16-12(8-9)13-14(17)10-4-2-3-5-11(10)15(13)18/h2-8,17H,1H3/p-1. The number of ketones is 1. The zero-order chi connectivity index (χ0) is 12.7. The first kappa shape index (κ1) is 10.7. The van der Waals surface area contributed by atoms with Gasteiger partial charge in [0.05, 0.1) is 5.69 Å². The molecule has 1 aliphatic carbocycles. The highest BCUT2D eigenvalue weighted by Crippen LogP contribution is 2.34. The van der Waals surface area contributed by atoms with Crippen molar-refractivity contribution in [3.63, 3.8) is 0 Å². The maximum absolute atomic E-state index is 12.2. The van der Waals surface area contributed by atoms with E-state index >= 15 is 0 Å². The van der Waals surface area contributed by atoms with Gasteiger partial charge in [-0.15, -0.1) is 0 Å². The summed E-state index contributed by atoms with van der Waals surface area (Å²) in [6.07, 6.45) is 1.61. The van der Waals surface area contributed by atoms with Crippen LogP contribution in [0.5, 0.6) is 0 Å². The third kappa shape index (κ3) is 1.44. The first-order valence-electron chi connectivity index (χ1n) is 5.67. The van der Waals surface area contributed by atoms with Crippen LogP contribution in [0.3, 0.4) is 0 Å². The third-order valence-electron chi connectivity index (χ3n) is 3.04. The molecule has 88 valence electrons. The number of hydrogen-bond acceptors (Lipinski definition) is 3. The molecule has 0 N–H and O–H groups in total. The van der Waals surface area contributed by atoms with E-state index in [1.54, 1.807) is 36.5 Å². The average molecular weight is 236 g/mol. The number of fused-ring (bicyclic) bond motifs is 1. The van der Waals surface area contributed by atoms with E-state index in [2.05, 4.69) is 4.98 Å². The van der Waals surface area contributed by atoms with Crippen molar-refractivity contribution in [2.75, 3.05) is 0 Å². The predicted molar refractivity (Wildman–Crippen MR) is 66.6 cm³/mol. The van der Waals surface area contributed by atoms with Crippen LogP contribution in [0, 0.1) is 6.92 Å². The minimum absolute atomic E-state index is 0.180. The molecule has 0 amide bonds. The number of hydrogen-bond donors (Lipinski definition) is 0. The van der Waals surface area contributed by atoms with E-state index < -0.39 is 0 Å². The maximum atomic E-state index is 12.2. The van der Waals surface area contributed by atoms with E-state index in [1.807, 2.05) is 13.0 Å². The minimum atomic E-state index is -0.228. The Labute approximate surface area is 104 Å². The van der Waals surface area contributed by atoms with Crippen LogP contribution in [0.2, 0.25) is 0 Å². The molecule has 18 heavy (non-hydrogen) atoms. The predicted octanol–water partition coefficient (Wildman–Crippen LogP) is 1.81. The van der Waals surface area contributed by atoms with E-state index in [4.69, 9.17) is 0 Å². The number of aromatic nitrogens is 1. The van der Waals surface area contributed by atoms with Crippen molar-refractivity contribution in [1.82, 2.24) is 4.98 Å². The Bertz CT molecular complexity index is 686. The Morgan fingerprint density at radius 2 is 1.83 bits per heavy atom. The van der Waals surface area contributed by atoms with Gasteiger partial charge in [-0.2, -0.15) is 0 Å².